The van der Waals surface area contributed by atoms with Crippen LogP contribution in [0.4, 0.5) is 5.69 Å². The van der Waals surface area contributed by atoms with Gasteiger partial charge in [0, 0.05) is 12.1 Å². The van der Waals surface area contributed by atoms with E-state index in [1.54, 1.807) is 38.5 Å². The Morgan fingerprint density at radius 2 is 1.71 bits per heavy atom. The lowest BCUT2D eigenvalue weighted by Crippen LogP contribution is -2.09. The third kappa shape index (κ3) is 5.94. The van der Waals surface area contributed by atoms with Gasteiger partial charge in [0.2, 0.25) is 5.91 Å². The second kappa shape index (κ2) is 10.3. The molecule has 2 aromatic carbocycles. The van der Waals surface area contributed by atoms with Gasteiger partial charge in [-0.1, -0.05) is 19.9 Å². The SMILES string of the molecule is COc1ccc(NC(=O)/C=C/c2ccc(OCC(C)C)c(OC)c2)c(OC)c1. The topological polar surface area (TPSA) is 66.0 Å². The van der Waals surface area contributed by atoms with E-state index in [4.69, 9.17) is 18.9 Å². The Balaban J connectivity index is 2.07. The van der Waals surface area contributed by atoms with Gasteiger partial charge in [0.1, 0.15) is 11.5 Å². The van der Waals surface area contributed by atoms with Crippen molar-refractivity contribution in [3.8, 4) is 23.0 Å². The zero-order valence-corrected chi connectivity index (χ0v) is 16.9. The monoisotopic (exact) mass is 385 g/mol. The van der Waals surface area contributed by atoms with Gasteiger partial charge in [-0.25, -0.2) is 0 Å². The molecule has 0 saturated carbocycles. The molecule has 150 valence electrons. The molecule has 6 heteroatoms. The Morgan fingerprint density at radius 1 is 0.964 bits per heavy atom. The highest BCUT2D eigenvalue weighted by atomic mass is 16.5. The average Bonchev–Trinajstić information content (AvgIpc) is 2.71. The van der Waals surface area contributed by atoms with Crippen LogP contribution in [-0.4, -0.2) is 33.8 Å². The third-order valence-electron chi connectivity index (χ3n) is 3.85. The summed E-state index contributed by atoms with van der Waals surface area (Å²) in [5, 5.41) is 2.79. The fraction of sp³-hybridized carbons (Fsp3) is 0.318. The van der Waals surface area contributed by atoms with E-state index >= 15 is 0 Å². The predicted molar refractivity (Wildman–Crippen MR) is 111 cm³/mol. The average molecular weight is 385 g/mol. The first-order chi connectivity index (χ1) is 13.5. The van der Waals surface area contributed by atoms with Gasteiger partial charge in [-0.05, 0) is 41.8 Å². The molecule has 0 aliphatic heterocycles. The molecule has 0 fully saturated rings. The summed E-state index contributed by atoms with van der Waals surface area (Å²) in [5.41, 5.74) is 1.39. The second-order valence-electron chi connectivity index (χ2n) is 6.50. The number of carbonyl (C=O) groups is 1. The van der Waals surface area contributed by atoms with Crippen LogP contribution in [0.25, 0.3) is 6.08 Å². The molecule has 0 heterocycles. The van der Waals surface area contributed by atoms with Crippen molar-refractivity contribution in [3.05, 3.63) is 48.0 Å². The smallest absolute Gasteiger partial charge is 0.248 e. The van der Waals surface area contributed by atoms with Crippen molar-refractivity contribution in [1.82, 2.24) is 0 Å². The Kier molecular flexibility index (Phi) is 7.75. The maximum absolute atomic E-state index is 12.3. The molecule has 28 heavy (non-hydrogen) atoms. The highest BCUT2D eigenvalue weighted by Gasteiger charge is 2.08. The zero-order valence-electron chi connectivity index (χ0n) is 16.9. The molecule has 2 rings (SSSR count). The molecule has 0 atom stereocenters. The van der Waals surface area contributed by atoms with E-state index in [1.165, 1.54) is 13.2 Å². The molecule has 6 nitrogen and oxygen atoms in total. The molecule has 0 aliphatic carbocycles. The minimum Gasteiger partial charge on any atom is -0.497 e. The van der Waals surface area contributed by atoms with Crippen LogP contribution in [0.3, 0.4) is 0 Å². The largest absolute Gasteiger partial charge is 0.497 e. The molecule has 0 unspecified atom stereocenters. The van der Waals surface area contributed by atoms with Crippen LogP contribution < -0.4 is 24.3 Å². The van der Waals surface area contributed by atoms with E-state index in [0.29, 0.717) is 41.2 Å². The lowest BCUT2D eigenvalue weighted by Gasteiger charge is -2.13. The fourth-order valence-electron chi connectivity index (χ4n) is 2.41. The van der Waals surface area contributed by atoms with Crippen LogP contribution in [0, 0.1) is 5.92 Å². The van der Waals surface area contributed by atoms with Crippen LogP contribution in [-0.2, 0) is 4.79 Å². The zero-order chi connectivity index (χ0) is 20.5. The molecule has 0 aliphatic rings. The molecular formula is C22H27NO5. The first kappa shape index (κ1) is 21.2. The summed E-state index contributed by atoms with van der Waals surface area (Å²) in [6.07, 6.45) is 3.16. The number of benzene rings is 2. The quantitative estimate of drug-likeness (QED) is 0.648. The summed E-state index contributed by atoms with van der Waals surface area (Å²) in [6.45, 7) is 4.78. The number of rotatable bonds is 9. The summed E-state index contributed by atoms with van der Waals surface area (Å²) < 4.78 is 21.6. The van der Waals surface area contributed by atoms with E-state index in [0.717, 1.165) is 5.56 Å². The molecule has 0 aromatic heterocycles. The van der Waals surface area contributed by atoms with Crippen molar-refractivity contribution < 1.29 is 23.7 Å². The normalized spacial score (nSPS) is 10.8. The number of nitrogens with one attached hydrogen (secondary N) is 1. The minimum atomic E-state index is -0.275. The molecule has 1 N–H and O–H groups in total. The van der Waals surface area contributed by atoms with Gasteiger partial charge in [-0.2, -0.15) is 0 Å². The van der Waals surface area contributed by atoms with Crippen molar-refractivity contribution in [2.24, 2.45) is 5.92 Å². The van der Waals surface area contributed by atoms with Crippen LogP contribution >= 0.6 is 0 Å². The lowest BCUT2D eigenvalue weighted by atomic mass is 10.2. The van der Waals surface area contributed by atoms with Crippen LogP contribution in [0.1, 0.15) is 19.4 Å². The van der Waals surface area contributed by atoms with Gasteiger partial charge in [-0.3, -0.25) is 4.79 Å². The number of methoxy groups -OCH3 is 3. The molecule has 0 radical (unpaired) electrons. The number of amides is 1. The Morgan fingerprint density at radius 3 is 2.36 bits per heavy atom. The maximum atomic E-state index is 12.3. The number of hydrogen-bond acceptors (Lipinski definition) is 5. The first-order valence-electron chi connectivity index (χ1n) is 8.98. The van der Waals surface area contributed by atoms with Crippen molar-refractivity contribution in [2.45, 2.75) is 13.8 Å². The van der Waals surface area contributed by atoms with E-state index in [2.05, 4.69) is 19.2 Å². The van der Waals surface area contributed by atoms with Crippen LogP contribution in [0.2, 0.25) is 0 Å². The van der Waals surface area contributed by atoms with Crippen molar-refractivity contribution in [3.63, 3.8) is 0 Å². The Hall–Kier alpha value is -3.15. The van der Waals surface area contributed by atoms with Crippen LogP contribution in [0.5, 0.6) is 23.0 Å². The molecule has 1 amide bonds. The molecule has 0 saturated heterocycles. The minimum absolute atomic E-state index is 0.275. The highest BCUT2D eigenvalue weighted by Crippen LogP contribution is 2.30. The summed E-state index contributed by atoms with van der Waals surface area (Å²) >= 11 is 0. The van der Waals surface area contributed by atoms with E-state index in [9.17, 15) is 4.79 Å². The standard InChI is InChI=1S/C22H27NO5/c1-15(2)14-28-19-10-6-16(12-21(19)27-5)7-11-22(24)23-18-9-8-17(25-3)13-20(18)26-4/h6-13,15H,14H2,1-5H3,(H,23,24)/b11-7+. The number of hydrogen-bond donors (Lipinski definition) is 1. The summed E-state index contributed by atoms with van der Waals surface area (Å²) in [7, 11) is 4.70. The summed E-state index contributed by atoms with van der Waals surface area (Å²) in [5.74, 6) is 2.62. The first-order valence-corrected chi connectivity index (χ1v) is 8.98. The molecular weight excluding hydrogens is 358 g/mol. The predicted octanol–water partition coefficient (Wildman–Crippen LogP) is 4.40. The number of carbonyl (C=O) groups excluding carboxylic acids is 1. The van der Waals surface area contributed by atoms with Gasteiger partial charge in [-0.15, -0.1) is 0 Å². The number of anilines is 1. The van der Waals surface area contributed by atoms with Gasteiger partial charge in [0.25, 0.3) is 0 Å². The molecule has 0 spiro atoms. The summed E-state index contributed by atoms with van der Waals surface area (Å²) in [4.78, 5) is 12.3. The van der Waals surface area contributed by atoms with Crippen molar-refractivity contribution in [1.29, 1.82) is 0 Å². The van der Waals surface area contributed by atoms with Gasteiger partial charge >= 0.3 is 0 Å². The van der Waals surface area contributed by atoms with Crippen molar-refractivity contribution in [2.75, 3.05) is 33.3 Å². The molecule has 2 aromatic rings. The lowest BCUT2D eigenvalue weighted by molar-refractivity contribution is -0.111. The van der Waals surface area contributed by atoms with Gasteiger partial charge < -0.3 is 24.3 Å². The van der Waals surface area contributed by atoms with E-state index in [1.807, 2.05) is 18.2 Å². The van der Waals surface area contributed by atoms with Crippen molar-refractivity contribution >= 4 is 17.7 Å². The van der Waals surface area contributed by atoms with Crippen LogP contribution in [0.15, 0.2) is 42.5 Å². The van der Waals surface area contributed by atoms with E-state index in [-0.39, 0.29) is 5.91 Å². The van der Waals surface area contributed by atoms with E-state index < -0.39 is 0 Å². The molecule has 0 bridgehead atoms. The fourth-order valence-corrected chi connectivity index (χ4v) is 2.41. The maximum Gasteiger partial charge on any atom is 0.248 e. The summed E-state index contributed by atoms with van der Waals surface area (Å²) in [6, 6.07) is 10.7. The number of ether oxygens (including phenoxy) is 4. The Bertz CT molecular complexity index is 830. The Labute approximate surface area is 166 Å². The van der Waals surface area contributed by atoms with Gasteiger partial charge in [0.05, 0.1) is 33.6 Å². The third-order valence-corrected chi connectivity index (χ3v) is 3.85. The second-order valence-corrected chi connectivity index (χ2v) is 6.50. The highest BCUT2D eigenvalue weighted by molar-refractivity contribution is 6.02. The van der Waals surface area contributed by atoms with Gasteiger partial charge in [0.15, 0.2) is 11.5 Å².